The topological polar surface area (TPSA) is 57.9 Å². The van der Waals surface area contributed by atoms with Gasteiger partial charge in [0.15, 0.2) is 0 Å². The van der Waals surface area contributed by atoms with Gasteiger partial charge in [-0.05, 0) is 36.3 Å². The summed E-state index contributed by atoms with van der Waals surface area (Å²) in [4.78, 5) is 35.9. The second-order valence-electron chi connectivity index (χ2n) is 8.00. The first-order chi connectivity index (χ1) is 16.4. The molecule has 1 aromatic carbocycles. The Bertz CT molecular complexity index is 1400. The van der Waals surface area contributed by atoms with Gasteiger partial charge >= 0.3 is 0 Å². The number of thiocarbonyl (C=S) groups is 1. The van der Waals surface area contributed by atoms with Gasteiger partial charge in [-0.15, -0.1) is 0 Å². The van der Waals surface area contributed by atoms with Crippen molar-refractivity contribution in [2.24, 2.45) is 0 Å². The second kappa shape index (κ2) is 9.73. The average molecular weight is 529 g/mol. The normalized spacial score (nSPS) is 17.9. The molecule has 0 spiro atoms. The molecule has 0 aliphatic carbocycles. The third kappa shape index (κ3) is 4.37. The number of carbonyl (C=O) groups is 1. The summed E-state index contributed by atoms with van der Waals surface area (Å²) in [5.41, 5.74) is 2.58. The van der Waals surface area contributed by atoms with Crippen LogP contribution in [-0.2, 0) is 11.3 Å². The number of halogens is 1. The quantitative estimate of drug-likeness (QED) is 0.362. The summed E-state index contributed by atoms with van der Waals surface area (Å²) in [5, 5.41) is 0.582. The van der Waals surface area contributed by atoms with Crippen LogP contribution in [0.4, 0.5) is 5.82 Å². The molecule has 0 bridgehead atoms. The Balaban J connectivity index is 1.58. The van der Waals surface area contributed by atoms with E-state index in [-0.39, 0.29) is 18.0 Å². The zero-order chi connectivity index (χ0) is 23.8. The molecule has 174 valence electrons. The van der Waals surface area contributed by atoms with Gasteiger partial charge in [-0.3, -0.25) is 18.9 Å². The van der Waals surface area contributed by atoms with Crippen LogP contribution in [-0.4, -0.2) is 49.1 Å². The van der Waals surface area contributed by atoms with Crippen LogP contribution in [0.15, 0.2) is 52.3 Å². The van der Waals surface area contributed by atoms with Gasteiger partial charge in [0.2, 0.25) is 0 Å². The summed E-state index contributed by atoms with van der Waals surface area (Å²) in [6.45, 7) is 3.82. The summed E-state index contributed by atoms with van der Waals surface area (Å²) in [6.07, 6.45) is 3.38. The van der Waals surface area contributed by atoms with Gasteiger partial charge in [-0.1, -0.05) is 59.8 Å². The van der Waals surface area contributed by atoms with Crippen LogP contribution in [0.25, 0.3) is 11.7 Å². The van der Waals surface area contributed by atoms with Crippen LogP contribution in [0.5, 0.6) is 0 Å². The zero-order valence-electron chi connectivity index (χ0n) is 18.4. The van der Waals surface area contributed by atoms with Crippen LogP contribution >= 0.6 is 47.3 Å². The van der Waals surface area contributed by atoms with E-state index in [2.05, 4.69) is 4.90 Å². The first kappa shape index (κ1) is 23.4. The molecule has 0 N–H and O–H groups in total. The number of hydrogen-bond donors (Lipinski definition) is 0. The monoisotopic (exact) mass is 528 g/mol. The van der Waals surface area contributed by atoms with E-state index in [4.69, 9.17) is 28.8 Å². The molecule has 0 unspecified atom stereocenters. The molecule has 1 amide bonds. The van der Waals surface area contributed by atoms with Crippen molar-refractivity contribution in [1.29, 1.82) is 0 Å². The van der Waals surface area contributed by atoms with Crippen LogP contribution in [0.2, 0.25) is 5.02 Å². The minimum Gasteiger partial charge on any atom is -0.354 e. The average Bonchev–Trinajstić information content (AvgIpc) is 3.10. The first-order valence-corrected chi connectivity index (χ1v) is 13.5. The lowest BCUT2D eigenvalue weighted by atomic mass is 10.2. The highest BCUT2D eigenvalue weighted by molar-refractivity contribution is 8.26. The summed E-state index contributed by atoms with van der Waals surface area (Å²) in [5.74, 6) is 2.32. The molecular formula is C24H21ClN4O2S3. The lowest BCUT2D eigenvalue weighted by Crippen LogP contribution is -2.36. The highest BCUT2D eigenvalue weighted by atomic mass is 35.5. The number of thioether (sulfide) groups is 2. The fourth-order valence-electron chi connectivity index (χ4n) is 4.01. The number of rotatable bonds is 4. The number of aromatic nitrogens is 2. The molecule has 10 heteroatoms. The Morgan fingerprint density at radius 3 is 2.68 bits per heavy atom. The summed E-state index contributed by atoms with van der Waals surface area (Å²) in [7, 11) is 0. The number of aryl methyl sites for hydroxylation is 1. The Kier molecular flexibility index (Phi) is 6.70. The van der Waals surface area contributed by atoms with Crippen molar-refractivity contribution in [1.82, 2.24) is 14.3 Å². The third-order valence-corrected chi connectivity index (χ3v) is 8.50. The van der Waals surface area contributed by atoms with Gasteiger partial charge in [0.1, 0.15) is 15.8 Å². The molecule has 2 aromatic heterocycles. The number of amides is 1. The fraction of sp³-hybridized carbons (Fsp3) is 0.250. The van der Waals surface area contributed by atoms with E-state index in [1.165, 1.54) is 16.7 Å². The van der Waals surface area contributed by atoms with Crippen LogP contribution in [0.3, 0.4) is 0 Å². The highest BCUT2D eigenvalue weighted by Gasteiger charge is 2.33. The number of anilines is 1. The summed E-state index contributed by atoms with van der Waals surface area (Å²) in [6, 6.07) is 11.2. The number of pyridine rings is 1. The highest BCUT2D eigenvalue weighted by Crippen LogP contribution is 2.35. The number of carbonyl (C=O) groups excluding carboxylic acids is 1. The van der Waals surface area contributed by atoms with Gasteiger partial charge in [-0.25, -0.2) is 4.98 Å². The van der Waals surface area contributed by atoms with Crippen molar-refractivity contribution in [3.05, 3.63) is 79.6 Å². The molecular weight excluding hydrogens is 508 g/mol. The number of benzene rings is 1. The molecule has 3 aromatic rings. The Labute approximate surface area is 216 Å². The number of fused-ring (bicyclic) bond motifs is 1. The third-order valence-electron chi connectivity index (χ3n) is 5.81. The van der Waals surface area contributed by atoms with Crippen LogP contribution in [0, 0.1) is 6.92 Å². The van der Waals surface area contributed by atoms with Crippen LogP contribution < -0.4 is 10.5 Å². The van der Waals surface area contributed by atoms with Crippen molar-refractivity contribution in [3.63, 3.8) is 0 Å². The van der Waals surface area contributed by atoms with Gasteiger partial charge in [0, 0.05) is 35.8 Å². The van der Waals surface area contributed by atoms with Crippen molar-refractivity contribution in [2.75, 3.05) is 29.5 Å². The molecule has 0 saturated carbocycles. The van der Waals surface area contributed by atoms with Crippen molar-refractivity contribution < 1.29 is 4.79 Å². The Hall–Kier alpha value is -2.33. The van der Waals surface area contributed by atoms with E-state index in [1.54, 1.807) is 22.7 Å². The Morgan fingerprint density at radius 1 is 1.15 bits per heavy atom. The molecule has 2 fully saturated rings. The Morgan fingerprint density at radius 2 is 1.91 bits per heavy atom. The summed E-state index contributed by atoms with van der Waals surface area (Å²) < 4.78 is 1.99. The van der Waals surface area contributed by atoms with Crippen molar-refractivity contribution in [3.8, 4) is 0 Å². The van der Waals surface area contributed by atoms with Crippen LogP contribution in [0.1, 0.15) is 16.7 Å². The van der Waals surface area contributed by atoms with Gasteiger partial charge in [-0.2, -0.15) is 11.8 Å². The lowest BCUT2D eigenvalue weighted by molar-refractivity contribution is -0.122. The maximum absolute atomic E-state index is 13.6. The molecule has 6 nitrogen and oxygen atoms in total. The molecule has 5 rings (SSSR count). The smallest absolute Gasteiger partial charge is 0.267 e. The maximum atomic E-state index is 13.6. The lowest BCUT2D eigenvalue weighted by Gasteiger charge is -2.29. The van der Waals surface area contributed by atoms with Gasteiger partial charge in [0.25, 0.3) is 11.5 Å². The molecule has 2 aliphatic rings. The van der Waals surface area contributed by atoms with E-state index < -0.39 is 0 Å². The summed E-state index contributed by atoms with van der Waals surface area (Å²) >= 11 is 14.9. The number of nitrogens with zero attached hydrogens (tertiary/aromatic N) is 4. The molecule has 4 heterocycles. The van der Waals surface area contributed by atoms with E-state index in [0.717, 1.165) is 35.7 Å². The van der Waals surface area contributed by atoms with E-state index in [9.17, 15) is 9.59 Å². The second-order valence-corrected chi connectivity index (χ2v) is 11.3. The molecule has 2 saturated heterocycles. The van der Waals surface area contributed by atoms with E-state index >= 15 is 0 Å². The zero-order valence-corrected chi connectivity index (χ0v) is 21.6. The molecule has 0 radical (unpaired) electrons. The largest absolute Gasteiger partial charge is 0.354 e. The molecule has 34 heavy (non-hydrogen) atoms. The predicted octanol–water partition coefficient (Wildman–Crippen LogP) is 4.61. The minimum absolute atomic E-state index is 0.196. The molecule has 2 aliphatic heterocycles. The van der Waals surface area contributed by atoms with Crippen molar-refractivity contribution >= 4 is 75.1 Å². The van der Waals surface area contributed by atoms with E-state index in [0.29, 0.717) is 31.3 Å². The SMILES string of the molecule is Cc1cccn2c(=O)c(/C=C3\SC(=S)N(Cc4ccccc4Cl)C3=O)c(N3CCSCC3)nc12. The number of hydrogen-bond acceptors (Lipinski definition) is 7. The first-order valence-electron chi connectivity index (χ1n) is 10.8. The maximum Gasteiger partial charge on any atom is 0.267 e. The predicted molar refractivity (Wildman–Crippen MR) is 146 cm³/mol. The fourth-order valence-corrected chi connectivity index (χ4v) is 6.34. The molecule has 0 atom stereocenters. The van der Waals surface area contributed by atoms with Gasteiger partial charge < -0.3 is 4.90 Å². The minimum atomic E-state index is -0.233. The van der Waals surface area contributed by atoms with Gasteiger partial charge in [0.05, 0.1) is 17.0 Å². The van der Waals surface area contributed by atoms with Crippen molar-refractivity contribution in [2.45, 2.75) is 13.5 Å². The van der Waals surface area contributed by atoms with E-state index in [1.807, 2.05) is 49.0 Å². The standard InChI is InChI=1S/C24H21ClN4O2S3/c1-15-5-4-8-28-20(15)26-21(27-9-11-33-12-10-27)17(22(28)30)13-19-23(31)29(24(32)34-19)14-16-6-2-3-7-18(16)25/h2-8,13H,9-12,14H2,1H3/b19-13-.